The molecule has 0 radical (unpaired) electrons. The van der Waals surface area contributed by atoms with Crippen molar-refractivity contribution in [3.8, 4) is 0 Å². The van der Waals surface area contributed by atoms with Gasteiger partial charge in [0.15, 0.2) is 17.3 Å². The summed E-state index contributed by atoms with van der Waals surface area (Å²) >= 11 is 0. The fourth-order valence-electron chi connectivity index (χ4n) is 7.08. The number of carbonyl (C=O) groups is 1. The van der Waals surface area contributed by atoms with E-state index in [2.05, 4.69) is 33.7 Å². The maximum absolute atomic E-state index is 15.1. The van der Waals surface area contributed by atoms with Crippen LogP contribution in [-0.4, -0.2) is 37.6 Å². The highest BCUT2D eigenvalue weighted by atomic mass is 19.4. The third kappa shape index (κ3) is 7.42. The van der Waals surface area contributed by atoms with Crippen LogP contribution in [0.25, 0.3) is 0 Å². The zero-order valence-electron chi connectivity index (χ0n) is 28.3. The largest absolute Gasteiger partial charge is 0.433 e. The highest BCUT2D eigenvalue weighted by Gasteiger charge is 2.53. The molecular weight excluding hydrogens is 755 g/mol. The van der Waals surface area contributed by atoms with Crippen molar-refractivity contribution in [2.24, 2.45) is 16.3 Å². The van der Waals surface area contributed by atoms with Crippen LogP contribution in [0, 0.1) is 17.2 Å². The second kappa shape index (κ2) is 13.4. The van der Waals surface area contributed by atoms with Crippen LogP contribution < -0.4 is 5.32 Å². The number of hydrogen-bond acceptors (Lipinski definition) is 5. The minimum atomic E-state index is -5.49. The number of alkyl halides is 12. The van der Waals surface area contributed by atoms with E-state index in [-0.39, 0.29) is 23.2 Å². The van der Waals surface area contributed by atoms with Gasteiger partial charge in [-0.2, -0.15) is 62.9 Å². The number of Topliss-reactive ketones (excluding diaryl/α,β-unsaturated/α-hetero) is 1. The third-order valence-electron chi connectivity index (χ3n) is 9.19. The first-order chi connectivity index (χ1) is 24.7. The highest BCUT2D eigenvalue weighted by molar-refractivity contribution is 6.11. The number of aromatic nitrogens is 4. The number of nitrogens with one attached hydrogen (secondary N) is 2. The summed E-state index contributed by atoms with van der Waals surface area (Å²) in [6.07, 6.45) is -20.5. The molecule has 3 heterocycles. The number of fused-ring (bicyclic) bond motifs is 2. The van der Waals surface area contributed by atoms with Gasteiger partial charge in [-0.25, -0.2) is 14.1 Å². The fourth-order valence-corrected chi connectivity index (χ4v) is 7.08. The maximum atomic E-state index is 15.1. The minimum Gasteiger partial charge on any atom is -0.349 e. The van der Waals surface area contributed by atoms with Gasteiger partial charge in [0.1, 0.15) is 24.0 Å². The number of aliphatic imine (C=N–C) groups is 1. The number of hydrogen-bond donors (Lipinski definition) is 2. The molecule has 3 atom stereocenters. The number of carbonyl (C=O) groups excluding carboxylic acids is 1. The van der Waals surface area contributed by atoms with Crippen LogP contribution in [0.1, 0.15) is 79.1 Å². The molecule has 7 nitrogen and oxygen atoms in total. The monoisotopic (exact) mass is 784 g/mol. The average Bonchev–Trinajstić information content (AvgIpc) is 3.60. The quantitative estimate of drug-likeness (QED) is 0.176. The first-order valence-corrected chi connectivity index (χ1v) is 15.8. The Bertz CT molecular complexity index is 2060. The van der Waals surface area contributed by atoms with Crippen molar-refractivity contribution in [3.05, 3.63) is 94.1 Å². The molecule has 1 aliphatic carbocycles. The Labute approximate surface area is 297 Å². The number of halogens is 13. The predicted molar refractivity (Wildman–Crippen MR) is 168 cm³/mol. The van der Waals surface area contributed by atoms with Gasteiger partial charge in [-0.3, -0.25) is 9.89 Å². The Hall–Kier alpha value is -4.91. The molecule has 54 heavy (non-hydrogen) atoms. The standard InChI is InChI=1S/C34H29F13N6O/c1-6-8-17(31(36,37)38)14(2)15(3)21-26(33(42,43)44)50-51-28(21)48-13-53-27(34(45,46)47)24-22(16-9-7-10-18(35)25(16)32(39,40)41)23-19(49-29(24)52-53)11-30(4,5)12-20(23)54/h6-10,15,22-23H,1-2,11-13H2,3-5H3,(H2,48,50,51). The van der Waals surface area contributed by atoms with E-state index in [0.717, 1.165) is 25.1 Å². The van der Waals surface area contributed by atoms with Crippen LogP contribution in [0.5, 0.6) is 0 Å². The molecule has 1 aromatic carbocycles. The van der Waals surface area contributed by atoms with Crippen LogP contribution in [-0.2, 0) is 30.0 Å². The van der Waals surface area contributed by atoms with E-state index in [1.807, 2.05) is 0 Å². The molecule has 0 saturated heterocycles. The summed E-state index contributed by atoms with van der Waals surface area (Å²) < 4.78 is 187. The lowest BCUT2D eigenvalue weighted by Gasteiger charge is -2.40. The van der Waals surface area contributed by atoms with Crippen LogP contribution in [0.15, 0.2) is 59.6 Å². The summed E-state index contributed by atoms with van der Waals surface area (Å²) in [6.45, 7) is 9.40. The summed E-state index contributed by atoms with van der Waals surface area (Å²) in [5, 5.41) is 11.2. The summed E-state index contributed by atoms with van der Waals surface area (Å²) in [5.74, 6) is -9.89. The van der Waals surface area contributed by atoms with Crippen LogP contribution in [0.3, 0.4) is 0 Å². The van der Waals surface area contributed by atoms with E-state index in [1.165, 1.54) is 0 Å². The van der Waals surface area contributed by atoms with Gasteiger partial charge in [0.2, 0.25) is 0 Å². The second-order valence-corrected chi connectivity index (χ2v) is 13.6. The number of anilines is 1. The van der Waals surface area contributed by atoms with E-state index < -0.39 is 123 Å². The number of allylic oxidation sites excluding steroid dienone is 4. The van der Waals surface area contributed by atoms with Crippen molar-refractivity contribution >= 4 is 23.1 Å². The van der Waals surface area contributed by atoms with Crippen LogP contribution >= 0.6 is 0 Å². The number of H-pyrrole nitrogens is 1. The molecule has 5 rings (SSSR count). The smallest absolute Gasteiger partial charge is 0.349 e. The summed E-state index contributed by atoms with van der Waals surface area (Å²) in [7, 11) is 0. The van der Waals surface area contributed by atoms with Crippen LogP contribution in [0.2, 0.25) is 0 Å². The van der Waals surface area contributed by atoms with Crippen molar-refractivity contribution < 1.29 is 61.9 Å². The number of rotatable bonds is 8. The number of nitrogens with zero attached hydrogens (tertiary/aromatic N) is 4. The van der Waals surface area contributed by atoms with Gasteiger partial charge < -0.3 is 5.32 Å². The second-order valence-electron chi connectivity index (χ2n) is 13.6. The molecule has 2 aliphatic rings. The molecular formula is C34H29F13N6O. The first kappa shape index (κ1) is 40.3. The van der Waals surface area contributed by atoms with Gasteiger partial charge in [-0.1, -0.05) is 58.2 Å². The lowest BCUT2D eigenvalue weighted by molar-refractivity contribution is -0.145. The maximum Gasteiger partial charge on any atom is 0.433 e. The molecule has 0 amide bonds. The van der Waals surface area contributed by atoms with Gasteiger partial charge in [-0.15, -0.1) is 0 Å². The molecule has 0 bridgehead atoms. The van der Waals surface area contributed by atoms with Crippen molar-refractivity contribution in [3.63, 3.8) is 0 Å². The van der Waals surface area contributed by atoms with E-state index in [0.29, 0.717) is 12.1 Å². The molecule has 1 fully saturated rings. The Morgan fingerprint density at radius 1 is 1.02 bits per heavy atom. The first-order valence-electron chi connectivity index (χ1n) is 15.8. The van der Waals surface area contributed by atoms with Gasteiger partial charge in [0, 0.05) is 35.1 Å². The summed E-state index contributed by atoms with van der Waals surface area (Å²) in [4.78, 5) is 17.8. The lowest BCUT2D eigenvalue weighted by atomic mass is 9.63. The molecule has 2 N–H and O–H groups in total. The van der Waals surface area contributed by atoms with Gasteiger partial charge >= 0.3 is 24.7 Å². The van der Waals surface area contributed by atoms with Crippen LogP contribution in [0.4, 0.5) is 68.7 Å². The zero-order chi connectivity index (χ0) is 40.5. The number of aromatic amines is 1. The Morgan fingerprint density at radius 2 is 1.67 bits per heavy atom. The van der Waals surface area contributed by atoms with Gasteiger partial charge in [-0.05, 0) is 29.0 Å². The molecule has 292 valence electrons. The summed E-state index contributed by atoms with van der Waals surface area (Å²) in [6, 6.07) is 2.03. The van der Waals surface area contributed by atoms with E-state index in [4.69, 9.17) is 0 Å². The molecule has 1 aliphatic heterocycles. The number of benzene rings is 1. The Morgan fingerprint density at radius 3 is 2.22 bits per heavy atom. The lowest BCUT2D eigenvalue weighted by Crippen LogP contribution is -2.43. The SMILES string of the molecule is C=CC=C(C(=C)C(C)c1c(NCn2nc3c(c2C(F)(F)F)C(c2cccc(F)c2C(F)(F)F)C2C(=O)CC(C)(C)CC2=N3)n[nH]c1C(F)(F)F)C(F)(F)F. The molecule has 1 saturated carbocycles. The van der Waals surface area contributed by atoms with Crippen molar-refractivity contribution in [2.75, 3.05) is 5.32 Å². The Balaban J connectivity index is 1.70. The van der Waals surface area contributed by atoms with Crippen molar-refractivity contribution in [1.29, 1.82) is 0 Å². The van der Waals surface area contributed by atoms with E-state index in [1.54, 1.807) is 18.9 Å². The summed E-state index contributed by atoms with van der Waals surface area (Å²) in [5.41, 5.74) is -11.6. The third-order valence-corrected chi connectivity index (χ3v) is 9.19. The predicted octanol–water partition coefficient (Wildman–Crippen LogP) is 10.4. The zero-order valence-corrected chi connectivity index (χ0v) is 28.3. The molecule has 0 spiro atoms. The average molecular weight is 785 g/mol. The minimum absolute atomic E-state index is 0.0681. The highest BCUT2D eigenvalue weighted by Crippen LogP contribution is 2.54. The number of ketones is 1. The van der Waals surface area contributed by atoms with Crippen molar-refractivity contribution in [2.45, 2.75) is 76.8 Å². The van der Waals surface area contributed by atoms with E-state index >= 15 is 13.2 Å². The molecule has 3 aromatic rings. The molecule has 3 unspecified atom stereocenters. The normalized spacial score (nSPS) is 19.9. The van der Waals surface area contributed by atoms with Gasteiger partial charge in [0.05, 0.1) is 17.1 Å². The van der Waals surface area contributed by atoms with E-state index in [9.17, 15) is 48.7 Å². The fraction of sp³-hybridized carbons (Fsp3) is 0.412. The van der Waals surface area contributed by atoms with Crippen molar-refractivity contribution in [1.82, 2.24) is 20.0 Å². The Kier molecular flexibility index (Phi) is 10.0. The van der Waals surface area contributed by atoms with Gasteiger partial charge in [0.25, 0.3) is 0 Å². The molecule has 20 heteroatoms. The topological polar surface area (TPSA) is 88.0 Å². The molecule has 2 aromatic heterocycles.